The fourth-order valence-electron chi connectivity index (χ4n) is 2.58. The second kappa shape index (κ2) is 5.22. The van der Waals surface area contributed by atoms with Gasteiger partial charge in [-0.25, -0.2) is 0 Å². The van der Waals surface area contributed by atoms with Crippen molar-refractivity contribution >= 4 is 5.78 Å². The Labute approximate surface area is 107 Å². The molecule has 0 heterocycles. The standard InChI is InChI=1S/C15H17NO2/c1-18-14-6-2-4-12(10-14)15(11-16)8-3-5-13(17)7-9-15/h2,4,6,10H,3,5,7-9H2,1H3. The fourth-order valence-corrected chi connectivity index (χ4v) is 2.58. The minimum Gasteiger partial charge on any atom is -0.497 e. The van der Waals surface area contributed by atoms with Gasteiger partial charge in [-0.2, -0.15) is 5.26 Å². The van der Waals surface area contributed by atoms with Crippen LogP contribution >= 0.6 is 0 Å². The molecule has 2 rings (SSSR count). The zero-order valence-corrected chi connectivity index (χ0v) is 10.6. The molecule has 94 valence electrons. The zero-order valence-electron chi connectivity index (χ0n) is 10.6. The number of nitriles is 1. The maximum absolute atomic E-state index is 11.5. The Bertz CT molecular complexity index is 490. The van der Waals surface area contributed by atoms with E-state index in [1.807, 2.05) is 24.3 Å². The first kappa shape index (κ1) is 12.6. The van der Waals surface area contributed by atoms with E-state index in [0.717, 1.165) is 24.2 Å². The van der Waals surface area contributed by atoms with Crippen molar-refractivity contribution < 1.29 is 9.53 Å². The van der Waals surface area contributed by atoms with Gasteiger partial charge in [0.2, 0.25) is 0 Å². The Morgan fingerprint density at radius 2 is 2.17 bits per heavy atom. The molecule has 1 aliphatic rings. The highest BCUT2D eigenvalue weighted by molar-refractivity contribution is 5.79. The van der Waals surface area contributed by atoms with Crippen molar-refractivity contribution in [1.29, 1.82) is 5.26 Å². The summed E-state index contributed by atoms with van der Waals surface area (Å²) < 4.78 is 5.21. The molecule has 1 fully saturated rings. The third-order valence-corrected chi connectivity index (χ3v) is 3.73. The number of hydrogen-bond donors (Lipinski definition) is 0. The van der Waals surface area contributed by atoms with Crippen LogP contribution in [0, 0.1) is 11.3 Å². The average molecular weight is 243 g/mol. The second-order valence-corrected chi connectivity index (χ2v) is 4.82. The monoisotopic (exact) mass is 243 g/mol. The van der Waals surface area contributed by atoms with Crippen LogP contribution in [0.5, 0.6) is 5.75 Å². The van der Waals surface area contributed by atoms with Crippen LogP contribution in [0.4, 0.5) is 0 Å². The Balaban J connectivity index is 2.36. The topological polar surface area (TPSA) is 50.1 Å². The van der Waals surface area contributed by atoms with Crippen LogP contribution in [0.25, 0.3) is 0 Å². The van der Waals surface area contributed by atoms with Crippen molar-refractivity contribution in [3.63, 3.8) is 0 Å². The van der Waals surface area contributed by atoms with Gasteiger partial charge in [0.1, 0.15) is 11.5 Å². The minimum absolute atomic E-state index is 0.273. The lowest BCUT2D eigenvalue weighted by Crippen LogP contribution is -2.23. The van der Waals surface area contributed by atoms with Gasteiger partial charge < -0.3 is 4.74 Å². The molecule has 0 spiro atoms. The van der Waals surface area contributed by atoms with Gasteiger partial charge >= 0.3 is 0 Å². The molecule has 1 aliphatic carbocycles. The molecule has 0 saturated heterocycles. The van der Waals surface area contributed by atoms with Crippen molar-refractivity contribution in [2.75, 3.05) is 7.11 Å². The lowest BCUT2D eigenvalue weighted by molar-refractivity contribution is -0.118. The lowest BCUT2D eigenvalue weighted by atomic mass is 9.75. The molecule has 0 radical (unpaired) electrons. The fraction of sp³-hybridized carbons (Fsp3) is 0.467. The summed E-state index contributed by atoms with van der Waals surface area (Å²) in [5.41, 5.74) is 0.444. The molecule has 1 unspecified atom stereocenters. The van der Waals surface area contributed by atoms with Gasteiger partial charge in [-0.3, -0.25) is 4.79 Å². The highest BCUT2D eigenvalue weighted by atomic mass is 16.5. The molecule has 0 aromatic heterocycles. The number of carbonyl (C=O) groups excluding carboxylic acids is 1. The predicted octanol–water partition coefficient (Wildman–Crippen LogP) is 2.99. The van der Waals surface area contributed by atoms with Crippen molar-refractivity contribution in [1.82, 2.24) is 0 Å². The quantitative estimate of drug-likeness (QED) is 0.750. The number of methoxy groups -OCH3 is 1. The molecular weight excluding hydrogens is 226 g/mol. The average Bonchev–Trinajstić information content (AvgIpc) is 2.61. The normalized spacial score (nSPS) is 24.1. The van der Waals surface area contributed by atoms with E-state index >= 15 is 0 Å². The third kappa shape index (κ3) is 2.38. The number of benzene rings is 1. The summed E-state index contributed by atoms with van der Waals surface area (Å²) >= 11 is 0. The molecule has 1 aromatic rings. The van der Waals surface area contributed by atoms with E-state index < -0.39 is 5.41 Å². The van der Waals surface area contributed by atoms with E-state index in [2.05, 4.69) is 6.07 Å². The highest BCUT2D eigenvalue weighted by Gasteiger charge is 2.34. The summed E-state index contributed by atoms with van der Waals surface area (Å²) in [6, 6.07) is 10.1. The molecular formula is C15H17NO2. The van der Waals surface area contributed by atoms with Crippen LogP contribution in [-0.2, 0) is 10.2 Å². The van der Waals surface area contributed by atoms with E-state index in [1.54, 1.807) is 7.11 Å². The van der Waals surface area contributed by atoms with Crippen LogP contribution < -0.4 is 4.74 Å². The van der Waals surface area contributed by atoms with Crippen LogP contribution in [-0.4, -0.2) is 12.9 Å². The molecule has 0 aliphatic heterocycles. The van der Waals surface area contributed by atoms with E-state index in [0.29, 0.717) is 19.3 Å². The van der Waals surface area contributed by atoms with Crippen LogP contribution in [0.2, 0.25) is 0 Å². The van der Waals surface area contributed by atoms with Crippen molar-refractivity contribution in [2.24, 2.45) is 0 Å². The minimum atomic E-state index is -0.527. The Hall–Kier alpha value is -1.82. The number of carbonyl (C=O) groups is 1. The molecule has 1 atom stereocenters. The first-order valence-corrected chi connectivity index (χ1v) is 6.28. The Kier molecular flexibility index (Phi) is 3.66. The van der Waals surface area contributed by atoms with E-state index in [9.17, 15) is 10.1 Å². The largest absolute Gasteiger partial charge is 0.497 e. The second-order valence-electron chi connectivity index (χ2n) is 4.82. The molecule has 1 aromatic carbocycles. The van der Waals surface area contributed by atoms with Crippen molar-refractivity contribution in [3.8, 4) is 11.8 Å². The van der Waals surface area contributed by atoms with Crippen molar-refractivity contribution in [2.45, 2.75) is 37.5 Å². The van der Waals surface area contributed by atoms with Crippen LogP contribution in [0.3, 0.4) is 0 Å². The molecule has 1 saturated carbocycles. The van der Waals surface area contributed by atoms with Gasteiger partial charge in [0, 0.05) is 12.8 Å². The molecule has 3 nitrogen and oxygen atoms in total. The summed E-state index contributed by atoms with van der Waals surface area (Å²) in [6.07, 6.45) is 3.28. The summed E-state index contributed by atoms with van der Waals surface area (Å²) in [5, 5.41) is 9.57. The molecule has 0 N–H and O–H groups in total. The van der Waals surface area contributed by atoms with Gasteiger partial charge in [-0.15, -0.1) is 0 Å². The van der Waals surface area contributed by atoms with Gasteiger partial charge in [-0.05, 0) is 37.0 Å². The summed E-state index contributed by atoms with van der Waals surface area (Å²) in [7, 11) is 1.62. The number of ketones is 1. The summed E-state index contributed by atoms with van der Waals surface area (Å²) in [4.78, 5) is 11.5. The number of nitrogens with zero attached hydrogens (tertiary/aromatic N) is 1. The van der Waals surface area contributed by atoms with E-state index in [4.69, 9.17) is 4.74 Å². The summed E-state index contributed by atoms with van der Waals surface area (Å²) in [6.45, 7) is 0. The third-order valence-electron chi connectivity index (χ3n) is 3.73. The zero-order chi connectivity index (χ0) is 13.0. The first-order valence-electron chi connectivity index (χ1n) is 6.28. The van der Waals surface area contributed by atoms with Crippen LogP contribution in [0.15, 0.2) is 24.3 Å². The SMILES string of the molecule is COc1cccc(C2(C#N)CCCC(=O)CC2)c1. The van der Waals surface area contributed by atoms with E-state index in [-0.39, 0.29) is 5.78 Å². The lowest BCUT2D eigenvalue weighted by Gasteiger charge is -2.25. The number of Topliss-reactive ketones (excluding diaryl/α,β-unsaturated/α-hetero) is 1. The van der Waals surface area contributed by atoms with E-state index in [1.165, 1.54) is 0 Å². The number of rotatable bonds is 2. The number of ether oxygens (including phenoxy) is 1. The van der Waals surface area contributed by atoms with Gasteiger partial charge in [0.15, 0.2) is 0 Å². The first-order chi connectivity index (χ1) is 8.70. The number of hydrogen-bond acceptors (Lipinski definition) is 3. The van der Waals surface area contributed by atoms with Crippen molar-refractivity contribution in [3.05, 3.63) is 29.8 Å². The highest BCUT2D eigenvalue weighted by Crippen LogP contribution is 2.38. The predicted molar refractivity (Wildman–Crippen MR) is 68.4 cm³/mol. The molecule has 18 heavy (non-hydrogen) atoms. The molecule has 0 amide bonds. The maximum atomic E-state index is 11.5. The van der Waals surface area contributed by atoms with Crippen LogP contribution in [0.1, 0.15) is 37.7 Å². The summed E-state index contributed by atoms with van der Waals surface area (Å²) in [5.74, 6) is 1.03. The smallest absolute Gasteiger partial charge is 0.132 e. The maximum Gasteiger partial charge on any atom is 0.132 e. The molecule has 0 bridgehead atoms. The van der Waals surface area contributed by atoms with Gasteiger partial charge in [-0.1, -0.05) is 12.1 Å². The van der Waals surface area contributed by atoms with Gasteiger partial charge in [0.05, 0.1) is 18.6 Å². The Morgan fingerprint density at radius 3 is 2.89 bits per heavy atom. The molecule has 3 heteroatoms. The van der Waals surface area contributed by atoms with Gasteiger partial charge in [0.25, 0.3) is 0 Å². The Morgan fingerprint density at radius 1 is 1.33 bits per heavy atom.